The topological polar surface area (TPSA) is 58.2 Å². The van der Waals surface area contributed by atoms with Gasteiger partial charge in [-0.1, -0.05) is 66.7 Å². The number of amides is 1. The van der Waals surface area contributed by atoms with Crippen molar-refractivity contribution >= 4 is 17.4 Å². The molecule has 176 valence electrons. The molecule has 0 saturated carbocycles. The summed E-state index contributed by atoms with van der Waals surface area (Å²) in [4.78, 5) is 27.3. The van der Waals surface area contributed by atoms with Crippen LogP contribution in [0.4, 0.5) is 10.1 Å². The molecule has 0 bridgehead atoms. The second-order valence-electron chi connectivity index (χ2n) is 9.22. The van der Waals surface area contributed by atoms with Gasteiger partial charge in [-0.15, -0.1) is 0 Å². The summed E-state index contributed by atoms with van der Waals surface area (Å²) < 4.78 is 14.3. The fourth-order valence-electron chi connectivity index (χ4n) is 5.27. The second kappa shape index (κ2) is 9.34. The van der Waals surface area contributed by atoms with Gasteiger partial charge in [-0.05, 0) is 55.0 Å². The lowest BCUT2D eigenvalue weighted by Gasteiger charge is -2.37. The number of benzene rings is 3. The molecule has 5 rings (SSSR count). The highest BCUT2D eigenvalue weighted by Crippen LogP contribution is 2.46. The minimum atomic E-state index is -0.525. The van der Waals surface area contributed by atoms with Crippen molar-refractivity contribution in [2.75, 3.05) is 5.32 Å². The molecule has 1 heterocycles. The van der Waals surface area contributed by atoms with Gasteiger partial charge in [0.15, 0.2) is 5.78 Å². The van der Waals surface area contributed by atoms with E-state index in [1.165, 1.54) is 12.1 Å². The van der Waals surface area contributed by atoms with Crippen molar-refractivity contribution in [2.45, 2.75) is 38.5 Å². The van der Waals surface area contributed by atoms with Crippen LogP contribution in [0.3, 0.4) is 0 Å². The number of hydrogen-bond donors (Lipinski definition) is 2. The molecule has 2 aliphatic rings. The van der Waals surface area contributed by atoms with Crippen LogP contribution in [0.2, 0.25) is 0 Å². The van der Waals surface area contributed by atoms with Gasteiger partial charge in [0, 0.05) is 34.9 Å². The molecular formula is C30H27FN2O2. The first-order valence-electron chi connectivity index (χ1n) is 11.8. The number of carbonyl (C=O) groups excluding carboxylic acids is 2. The van der Waals surface area contributed by atoms with Gasteiger partial charge >= 0.3 is 0 Å². The zero-order chi connectivity index (χ0) is 24.5. The molecule has 1 aliphatic heterocycles. The Kier molecular flexibility index (Phi) is 6.08. The van der Waals surface area contributed by atoms with Crippen LogP contribution >= 0.6 is 0 Å². The van der Waals surface area contributed by atoms with E-state index in [9.17, 15) is 14.0 Å². The molecule has 0 fully saturated rings. The Morgan fingerprint density at radius 3 is 2.34 bits per heavy atom. The Morgan fingerprint density at radius 2 is 1.60 bits per heavy atom. The van der Waals surface area contributed by atoms with Crippen molar-refractivity contribution in [3.8, 4) is 0 Å². The Bertz CT molecular complexity index is 1370. The average Bonchev–Trinajstić information content (AvgIpc) is 2.85. The molecule has 1 aliphatic carbocycles. The number of allylic oxidation sites excluding steroid dienone is 3. The number of hydrogen-bond acceptors (Lipinski definition) is 3. The van der Waals surface area contributed by atoms with Crippen molar-refractivity contribution in [3.63, 3.8) is 0 Å². The number of dihydropyridines is 1. The van der Waals surface area contributed by atoms with Crippen LogP contribution in [0, 0.1) is 12.7 Å². The summed E-state index contributed by atoms with van der Waals surface area (Å²) in [6.45, 7) is 3.83. The van der Waals surface area contributed by atoms with Gasteiger partial charge < -0.3 is 10.6 Å². The maximum absolute atomic E-state index is 14.3. The smallest absolute Gasteiger partial charge is 0.254 e. The lowest BCUT2D eigenvalue weighted by molar-refractivity contribution is -0.116. The van der Waals surface area contributed by atoms with Gasteiger partial charge in [0.05, 0.1) is 5.69 Å². The summed E-state index contributed by atoms with van der Waals surface area (Å²) in [6, 6.07) is 24.0. The van der Waals surface area contributed by atoms with E-state index in [-0.39, 0.29) is 17.4 Å². The van der Waals surface area contributed by atoms with E-state index in [1.54, 1.807) is 12.1 Å². The van der Waals surface area contributed by atoms with E-state index in [1.807, 2.05) is 56.3 Å². The third-order valence-corrected chi connectivity index (χ3v) is 6.96. The van der Waals surface area contributed by atoms with E-state index in [2.05, 4.69) is 22.8 Å². The Balaban J connectivity index is 1.59. The molecule has 1 amide bonds. The summed E-state index contributed by atoms with van der Waals surface area (Å²) >= 11 is 0. The number of Topliss-reactive ketones (excluding diaryl/α,β-unsaturated/α-hetero) is 1. The average molecular weight is 467 g/mol. The molecule has 0 saturated heterocycles. The molecule has 4 nitrogen and oxygen atoms in total. The van der Waals surface area contributed by atoms with Crippen molar-refractivity contribution in [1.29, 1.82) is 0 Å². The van der Waals surface area contributed by atoms with Crippen LogP contribution in [0.5, 0.6) is 0 Å². The summed E-state index contributed by atoms with van der Waals surface area (Å²) in [6.07, 6.45) is 1.07. The van der Waals surface area contributed by atoms with E-state index in [0.29, 0.717) is 29.7 Å². The number of aryl methyl sites for hydroxylation is 1. The minimum absolute atomic E-state index is 0.0320. The largest absolute Gasteiger partial charge is 0.362 e. The Morgan fingerprint density at radius 1 is 0.914 bits per heavy atom. The predicted octanol–water partition coefficient (Wildman–Crippen LogP) is 6.13. The summed E-state index contributed by atoms with van der Waals surface area (Å²) in [7, 11) is 0. The normalized spacial score (nSPS) is 19.8. The maximum atomic E-state index is 14.3. The highest BCUT2D eigenvalue weighted by molar-refractivity contribution is 6.10. The first-order chi connectivity index (χ1) is 16.9. The molecular weight excluding hydrogens is 439 g/mol. The van der Waals surface area contributed by atoms with Crippen LogP contribution in [-0.4, -0.2) is 11.7 Å². The van der Waals surface area contributed by atoms with Crippen LogP contribution < -0.4 is 10.6 Å². The van der Waals surface area contributed by atoms with E-state index >= 15 is 0 Å². The molecule has 3 aromatic rings. The fourth-order valence-corrected chi connectivity index (χ4v) is 5.27. The minimum Gasteiger partial charge on any atom is -0.362 e. The van der Waals surface area contributed by atoms with E-state index in [0.717, 1.165) is 22.4 Å². The molecule has 0 aromatic heterocycles. The van der Waals surface area contributed by atoms with Crippen molar-refractivity contribution < 1.29 is 14.0 Å². The highest BCUT2D eigenvalue weighted by Gasteiger charge is 2.41. The SMILES string of the molecule is CC1=C(C(=O)Nc2ccccc2F)[C@@H](c2ccccc2C)C2=C(C[C@H](c3ccccc3)CC2=O)N1. The third kappa shape index (κ3) is 4.30. The monoisotopic (exact) mass is 466 g/mol. The molecule has 0 radical (unpaired) electrons. The first kappa shape index (κ1) is 22.8. The van der Waals surface area contributed by atoms with Gasteiger partial charge in [-0.25, -0.2) is 4.39 Å². The van der Waals surface area contributed by atoms with Gasteiger partial charge in [-0.2, -0.15) is 0 Å². The third-order valence-electron chi connectivity index (χ3n) is 6.96. The number of rotatable bonds is 4. The zero-order valence-electron chi connectivity index (χ0n) is 19.8. The summed E-state index contributed by atoms with van der Waals surface area (Å²) in [5.74, 6) is -1.34. The van der Waals surface area contributed by atoms with Crippen molar-refractivity contribution in [2.24, 2.45) is 0 Å². The molecule has 35 heavy (non-hydrogen) atoms. The molecule has 0 spiro atoms. The van der Waals surface area contributed by atoms with Crippen LogP contribution in [0.1, 0.15) is 48.3 Å². The Hall–Kier alpha value is -3.99. The van der Waals surface area contributed by atoms with Crippen molar-refractivity contribution in [1.82, 2.24) is 5.32 Å². The predicted molar refractivity (Wildman–Crippen MR) is 135 cm³/mol. The van der Waals surface area contributed by atoms with Gasteiger partial charge in [-0.3, -0.25) is 9.59 Å². The van der Waals surface area contributed by atoms with Crippen LogP contribution in [0.15, 0.2) is 101 Å². The number of nitrogens with one attached hydrogen (secondary N) is 2. The fraction of sp³-hybridized carbons (Fsp3) is 0.200. The number of ketones is 1. The lowest BCUT2D eigenvalue weighted by atomic mass is 9.71. The molecule has 5 heteroatoms. The highest BCUT2D eigenvalue weighted by atomic mass is 19.1. The van der Waals surface area contributed by atoms with E-state index in [4.69, 9.17) is 0 Å². The van der Waals surface area contributed by atoms with Gasteiger partial charge in [0.25, 0.3) is 5.91 Å². The first-order valence-corrected chi connectivity index (χ1v) is 11.8. The van der Waals surface area contributed by atoms with Crippen LogP contribution in [-0.2, 0) is 9.59 Å². The zero-order valence-corrected chi connectivity index (χ0v) is 19.8. The maximum Gasteiger partial charge on any atom is 0.254 e. The number of halogens is 1. The molecule has 3 aromatic carbocycles. The summed E-state index contributed by atoms with van der Waals surface area (Å²) in [5, 5.41) is 6.11. The molecule has 2 atom stereocenters. The van der Waals surface area contributed by atoms with E-state index < -0.39 is 17.6 Å². The summed E-state index contributed by atoms with van der Waals surface area (Å²) in [5.41, 5.74) is 5.75. The lowest BCUT2D eigenvalue weighted by Crippen LogP contribution is -2.37. The number of para-hydroxylation sites is 1. The standard InChI is InChI=1S/C30H27FN2O2/c1-18-10-6-7-13-22(18)28-27(30(35)33-24-15-9-8-14-23(24)31)19(2)32-25-16-21(17-26(34)29(25)28)20-11-4-3-5-12-20/h3-15,21,28,32H,16-17H2,1-2H3,(H,33,35)/t21-,28+/m0/s1. The van der Waals surface area contributed by atoms with Crippen LogP contribution in [0.25, 0.3) is 0 Å². The molecule has 2 N–H and O–H groups in total. The second-order valence-corrected chi connectivity index (χ2v) is 9.22. The number of carbonyl (C=O) groups is 2. The van der Waals surface area contributed by atoms with Crippen molar-refractivity contribution in [3.05, 3.63) is 124 Å². The quantitative estimate of drug-likeness (QED) is 0.486. The van der Waals surface area contributed by atoms with Gasteiger partial charge in [0.1, 0.15) is 5.82 Å². The molecule has 0 unspecified atom stereocenters. The number of anilines is 1. The van der Waals surface area contributed by atoms with Gasteiger partial charge in [0.2, 0.25) is 0 Å². The Labute approximate surface area is 204 Å².